The first-order valence-electron chi connectivity index (χ1n) is 7.29. The van der Waals surface area contributed by atoms with Crippen molar-refractivity contribution >= 4 is 0 Å². The fourth-order valence-corrected chi connectivity index (χ4v) is 2.71. The van der Waals surface area contributed by atoms with Crippen molar-refractivity contribution in [3.63, 3.8) is 0 Å². The molecular formula is C16H25NO2. The third kappa shape index (κ3) is 3.48. The van der Waals surface area contributed by atoms with Gasteiger partial charge in [-0.15, -0.1) is 0 Å². The maximum absolute atomic E-state index is 11.0. The third-order valence-corrected chi connectivity index (χ3v) is 3.89. The second-order valence-electron chi connectivity index (χ2n) is 5.53. The minimum atomic E-state index is -0.741. The highest BCUT2D eigenvalue weighted by atomic mass is 16.5. The molecule has 1 aromatic rings. The van der Waals surface area contributed by atoms with Crippen LogP contribution in [0.15, 0.2) is 24.3 Å². The zero-order valence-corrected chi connectivity index (χ0v) is 12.1. The average molecular weight is 263 g/mol. The second kappa shape index (κ2) is 6.40. The second-order valence-corrected chi connectivity index (χ2v) is 5.53. The summed E-state index contributed by atoms with van der Waals surface area (Å²) in [5.74, 6) is 0.844. The molecule has 0 amide bonds. The van der Waals surface area contributed by atoms with Crippen molar-refractivity contribution in [2.45, 2.75) is 38.2 Å². The van der Waals surface area contributed by atoms with E-state index in [1.807, 2.05) is 24.3 Å². The van der Waals surface area contributed by atoms with E-state index in [9.17, 15) is 5.11 Å². The van der Waals surface area contributed by atoms with Crippen molar-refractivity contribution < 1.29 is 9.84 Å². The van der Waals surface area contributed by atoms with Gasteiger partial charge >= 0.3 is 0 Å². The lowest BCUT2D eigenvalue weighted by Crippen LogP contribution is -2.28. The van der Waals surface area contributed by atoms with Crippen molar-refractivity contribution in [2.75, 3.05) is 26.7 Å². The van der Waals surface area contributed by atoms with E-state index in [4.69, 9.17) is 4.74 Å². The molecule has 0 aliphatic carbocycles. The molecule has 1 N–H and O–H groups in total. The Bertz CT molecular complexity index is 407. The first kappa shape index (κ1) is 14.4. The van der Waals surface area contributed by atoms with E-state index < -0.39 is 5.60 Å². The molecule has 1 aromatic carbocycles. The van der Waals surface area contributed by atoms with Crippen LogP contribution in [0, 0.1) is 0 Å². The van der Waals surface area contributed by atoms with Gasteiger partial charge in [0.1, 0.15) is 5.75 Å². The monoisotopic (exact) mass is 263 g/mol. The van der Waals surface area contributed by atoms with Gasteiger partial charge in [-0.25, -0.2) is 0 Å². The molecule has 0 bridgehead atoms. The summed E-state index contributed by atoms with van der Waals surface area (Å²) in [6, 6.07) is 7.94. The first-order valence-corrected chi connectivity index (χ1v) is 7.29. The predicted octanol–water partition coefficient (Wildman–Crippen LogP) is 2.78. The number of ether oxygens (including phenoxy) is 1. The highest BCUT2D eigenvalue weighted by molar-refractivity contribution is 5.38. The quantitative estimate of drug-likeness (QED) is 0.906. The van der Waals surface area contributed by atoms with Crippen LogP contribution in [0.3, 0.4) is 0 Å². The molecule has 1 saturated heterocycles. The molecule has 106 valence electrons. The summed E-state index contributed by atoms with van der Waals surface area (Å²) in [7, 11) is 2.12. The van der Waals surface area contributed by atoms with E-state index in [0.29, 0.717) is 6.61 Å². The summed E-state index contributed by atoms with van der Waals surface area (Å²) in [5.41, 5.74) is 0.216. The Morgan fingerprint density at radius 1 is 1.26 bits per heavy atom. The van der Waals surface area contributed by atoms with Gasteiger partial charge in [0.15, 0.2) is 0 Å². The van der Waals surface area contributed by atoms with Gasteiger partial charge in [-0.1, -0.05) is 25.1 Å². The van der Waals surface area contributed by atoms with Gasteiger partial charge in [0.25, 0.3) is 0 Å². The number of aliphatic hydroxyl groups is 1. The van der Waals surface area contributed by atoms with Crippen LogP contribution in [0.2, 0.25) is 0 Å². The van der Waals surface area contributed by atoms with Gasteiger partial charge in [0.05, 0.1) is 12.2 Å². The molecule has 1 atom stereocenters. The number of hydrogen-bond donors (Lipinski definition) is 1. The van der Waals surface area contributed by atoms with Crippen molar-refractivity contribution in [3.05, 3.63) is 29.8 Å². The van der Waals surface area contributed by atoms with E-state index in [1.165, 1.54) is 0 Å². The molecule has 3 nitrogen and oxygen atoms in total. The van der Waals surface area contributed by atoms with Gasteiger partial charge in [-0.3, -0.25) is 0 Å². The smallest absolute Gasteiger partial charge is 0.125 e. The zero-order chi connectivity index (χ0) is 13.7. The topological polar surface area (TPSA) is 32.7 Å². The summed E-state index contributed by atoms with van der Waals surface area (Å²) in [6.07, 6.45) is 3.59. The van der Waals surface area contributed by atoms with Gasteiger partial charge < -0.3 is 14.7 Å². The third-order valence-electron chi connectivity index (χ3n) is 3.89. The van der Waals surface area contributed by atoms with Crippen LogP contribution in [0.1, 0.15) is 38.2 Å². The molecule has 2 rings (SSSR count). The molecule has 1 fully saturated rings. The molecular weight excluding hydrogens is 238 g/mol. The number of benzene rings is 1. The molecule has 1 aliphatic heterocycles. The molecule has 0 saturated carbocycles. The standard InChI is InChI=1S/C16H25NO2/c1-3-13-19-15-8-5-4-7-14(15)16(18)9-6-11-17(2)12-10-16/h4-5,7-8,18H,3,6,9-13H2,1-2H3. The van der Waals surface area contributed by atoms with Crippen LogP contribution in [-0.2, 0) is 5.60 Å². The Labute approximate surface area is 116 Å². The van der Waals surface area contributed by atoms with E-state index in [2.05, 4.69) is 18.9 Å². The Balaban J connectivity index is 2.23. The van der Waals surface area contributed by atoms with Crippen molar-refractivity contribution in [2.24, 2.45) is 0 Å². The summed E-state index contributed by atoms with van der Waals surface area (Å²) in [4.78, 5) is 2.29. The van der Waals surface area contributed by atoms with Crippen molar-refractivity contribution in [1.82, 2.24) is 4.90 Å². The molecule has 0 aromatic heterocycles. The van der Waals surface area contributed by atoms with Gasteiger partial charge in [0.2, 0.25) is 0 Å². The van der Waals surface area contributed by atoms with Gasteiger partial charge in [-0.2, -0.15) is 0 Å². The summed E-state index contributed by atoms with van der Waals surface area (Å²) in [6.45, 7) is 4.78. The van der Waals surface area contributed by atoms with Crippen LogP contribution in [0.5, 0.6) is 5.75 Å². The fraction of sp³-hybridized carbons (Fsp3) is 0.625. The number of para-hydroxylation sites is 1. The zero-order valence-electron chi connectivity index (χ0n) is 12.1. The van der Waals surface area contributed by atoms with Crippen LogP contribution in [0.4, 0.5) is 0 Å². The van der Waals surface area contributed by atoms with Crippen LogP contribution in [0.25, 0.3) is 0 Å². The number of nitrogens with zero attached hydrogens (tertiary/aromatic N) is 1. The largest absolute Gasteiger partial charge is 0.493 e. The molecule has 3 heteroatoms. The Morgan fingerprint density at radius 3 is 2.84 bits per heavy atom. The Hall–Kier alpha value is -1.06. The van der Waals surface area contributed by atoms with E-state index in [-0.39, 0.29) is 0 Å². The van der Waals surface area contributed by atoms with Crippen LogP contribution in [-0.4, -0.2) is 36.8 Å². The number of rotatable bonds is 4. The number of likely N-dealkylation sites (tertiary alicyclic amines) is 1. The lowest BCUT2D eigenvalue weighted by Gasteiger charge is -2.29. The molecule has 0 spiro atoms. The van der Waals surface area contributed by atoms with Crippen molar-refractivity contribution in [3.8, 4) is 5.75 Å². The molecule has 1 heterocycles. The predicted molar refractivity (Wildman–Crippen MR) is 77.5 cm³/mol. The maximum Gasteiger partial charge on any atom is 0.125 e. The van der Waals surface area contributed by atoms with Crippen LogP contribution >= 0.6 is 0 Å². The Morgan fingerprint density at radius 2 is 2.05 bits per heavy atom. The minimum Gasteiger partial charge on any atom is -0.493 e. The Kier molecular flexibility index (Phi) is 4.83. The highest BCUT2D eigenvalue weighted by Gasteiger charge is 2.33. The normalized spacial score (nSPS) is 25.0. The van der Waals surface area contributed by atoms with Gasteiger partial charge in [0, 0.05) is 12.1 Å². The summed E-state index contributed by atoms with van der Waals surface area (Å²) < 4.78 is 5.80. The lowest BCUT2D eigenvalue weighted by molar-refractivity contribution is 0.0190. The van der Waals surface area contributed by atoms with Crippen LogP contribution < -0.4 is 4.74 Å². The molecule has 19 heavy (non-hydrogen) atoms. The SMILES string of the molecule is CCCOc1ccccc1C1(O)CCCN(C)CC1. The highest BCUT2D eigenvalue weighted by Crippen LogP contribution is 2.37. The van der Waals surface area contributed by atoms with E-state index in [0.717, 1.165) is 50.1 Å². The fourth-order valence-electron chi connectivity index (χ4n) is 2.71. The summed E-state index contributed by atoms with van der Waals surface area (Å²) in [5, 5.41) is 11.0. The lowest BCUT2D eigenvalue weighted by atomic mass is 9.86. The average Bonchev–Trinajstić information content (AvgIpc) is 2.60. The maximum atomic E-state index is 11.0. The van der Waals surface area contributed by atoms with Gasteiger partial charge in [-0.05, 0) is 45.3 Å². The molecule has 0 radical (unpaired) electrons. The first-order chi connectivity index (χ1) is 9.15. The van der Waals surface area contributed by atoms with E-state index >= 15 is 0 Å². The molecule has 1 unspecified atom stereocenters. The van der Waals surface area contributed by atoms with Crippen molar-refractivity contribution in [1.29, 1.82) is 0 Å². The molecule has 1 aliphatic rings. The minimum absolute atomic E-state index is 0.701. The number of hydrogen-bond acceptors (Lipinski definition) is 3. The summed E-state index contributed by atoms with van der Waals surface area (Å²) >= 11 is 0. The van der Waals surface area contributed by atoms with E-state index in [1.54, 1.807) is 0 Å².